The molecule has 0 atom stereocenters. The normalized spacial score (nSPS) is 17.9. The van der Waals surface area contributed by atoms with Crippen LogP contribution in [0.1, 0.15) is 12.8 Å². The van der Waals surface area contributed by atoms with Crippen LogP contribution in [0.2, 0.25) is 0 Å². The van der Waals surface area contributed by atoms with E-state index in [1.807, 2.05) is 30.3 Å². The molecule has 170 valence electrons. The fourth-order valence-electron chi connectivity index (χ4n) is 5.07. The second-order valence-corrected chi connectivity index (χ2v) is 11.4. The third-order valence-electron chi connectivity index (χ3n) is 6.80. The molecule has 2 aliphatic rings. The molecule has 6 nitrogen and oxygen atoms in total. The van der Waals surface area contributed by atoms with Gasteiger partial charge in [0.1, 0.15) is 5.82 Å². The molecule has 0 amide bonds. The van der Waals surface area contributed by atoms with Gasteiger partial charge in [-0.15, -0.1) is 0 Å². The van der Waals surface area contributed by atoms with Crippen molar-refractivity contribution < 1.29 is 8.42 Å². The summed E-state index contributed by atoms with van der Waals surface area (Å²) < 4.78 is 33.8. The number of unbranched alkanes of at least 4 members (excludes halogenated alkanes) is 1. The first kappa shape index (κ1) is 20.9. The summed E-state index contributed by atoms with van der Waals surface area (Å²) in [5.41, 5.74) is 0.826. The number of anilines is 2. The molecule has 0 spiro atoms. The second-order valence-electron chi connectivity index (χ2n) is 8.75. The van der Waals surface area contributed by atoms with Crippen molar-refractivity contribution in [2.45, 2.75) is 17.7 Å². The van der Waals surface area contributed by atoms with Crippen LogP contribution in [0.3, 0.4) is 0 Å². The van der Waals surface area contributed by atoms with Gasteiger partial charge in [0.2, 0.25) is 0 Å². The number of benzene rings is 3. The van der Waals surface area contributed by atoms with Gasteiger partial charge in [-0.25, -0.2) is 8.42 Å². The van der Waals surface area contributed by atoms with Gasteiger partial charge in [-0.3, -0.25) is 9.21 Å². The minimum atomic E-state index is -3.45. The molecule has 8 heteroatoms. The van der Waals surface area contributed by atoms with Gasteiger partial charge in [0.25, 0.3) is 10.0 Å². The molecule has 1 aromatic heterocycles. The van der Waals surface area contributed by atoms with Crippen molar-refractivity contribution >= 4 is 53.9 Å². The van der Waals surface area contributed by atoms with Crippen LogP contribution in [0.4, 0.5) is 11.5 Å². The number of nitrogens with zero attached hydrogens (tertiary/aromatic N) is 4. The molecule has 0 unspecified atom stereocenters. The van der Waals surface area contributed by atoms with E-state index in [-0.39, 0.29) is 0 Å². The van der Waals surface area contributed by atoms with E-state index >= 15 is 0 Å². The topological polar surface area (TPSA) is 56.8 Å². The Kier molecular flexibility index (Phi) is 5.24. The molecule has 0 bridgehead atoms. The Morgan fingerprint density at radius 1 is 0.848 bits per heavy atom. The Balaban J connectivity index is 1.04. The summed E-state index contributed by atoms with van der Waals surface area (Å²) in [6.45, 7) is 5.51. The molecular weight excluding hydrogens is 452 g/mol. The monoisotopic (exact) mass is 478 g/mol. The van der Waals surface area contributed by atoms with Crippen LogP contribution in [0.5, 0.6) is 0 Å². The third-order valence-corrected chi connectivity index (χ3v) is 9.47. The molecule has 0 saturated carbocycles. The van der Waals surface area contributed by atoms with Gasteiger partial charge in [-0.05, 0) is 60.6 Å². The SMILES string of the molecule is O=S1(=O)c2cccc3cccc(c23)N1CCCCN1CCN(c2nsc3ccccc23)CC1. The van der Waals surface area contributed by atoms with Crippen LogP contribution in [0.25, 0.3) is 20.9 Å². The summed E-state index contributed by atoms with van der Waals surface area (Å²) in [5, 5.41) is 3.10. The van der Waals surface area contributed by atoms with Crippen molar-refractivity contribution in [1.82, 2.24) is 9.27 Å². The number of aromatic nitrogens is 1. The molecule has 6 rings (SSSR count). The number of piperazine rings is 1. The average Bonchev–Trinajstić information content (AvgIpc) is 3.36. The Labute approximate surface area is 198 Å². The molecule has 0 aliphatic carbocycles. The van der Waals surface area contributed by atoms with Crippen LogP contribution in [-0.4, -0.2) is 57.0 Å². The van der Waals surface area contributed by atoms with E-state index in [1.165, 1.54) is 10.1 Å². The summed E-state index contributed by atoms with van der Waals surface area (Å²) in [6.07, 6.45) is 1.83. The molecule has 0 radical (unpaired) electrons. The summed E-state index contributed by atoms with van der Waals surface area (Å²) in [5.74, 6) is 1.11. The predicted octanol–water partition coefficient (Wildman–Crippen LogP) is 4.56. The van der Waals surface area contributed by atoms with E-state index in [4.69, 9.17) is 4.37 Å². The van der Waals surface area contributed by atoms with Gasteiger partial charge >= 0.3 is 0 Å². The molecule has 33 heavy (non-hydrogen) atoms. The Morgan fingerprint density at radius 2 is 1.61 bits per heavy atom. The minimum absolute atomic E-state index is 0.446. The number of rotatable bonds is 6. The molecule has 1 fully saturated rings. The fraction of sp³-hybridized carbons (Fsp3) is 0.320. The van der Waals surface area contributed by atoms with Crippen molar-refractivity contribution in [3.8, 4) is 0 Å². The van der Waals surface area contributed by atoms with E-state index in [1.54, 1.807) is 21.9 Å². The van der Waals surface area contributed by atoms with Gasteiger partial charge < -0.3 is 4.90 Å². The zero-order valence-corrected chi connectivity index (χ0v) is 20.0. The van der Waals surface area contributed by atoms with E-state index < -0.39 is 10.0 Å². The zero-order valence-electron chi connectivity index (χ0n) is 18.4. The lowest BCUT2D eigenvalue weighted by molar-refractivity contribution is 0.253. The van der Waals surface area contributed by atoms with Gasteiger partial charge in [0.15, 0.2) is 0 Å². The van der Waals surface area contributed by atoms with Gasteiger partial charge in [0.05, 0.1) is 15.3 Å². The lowest BCUT2D eigenvalue weighted by Gasteiger charge is -2.35. The Bertz CT molecular complexity index is 1420. The van der Waals surface area contributed by atoms with Crippen molar-refractivity contribution in [1.29, 1.82) is 0 Å². The highest BCUT2D eigenvalue weighted by atomic mass is 32.2. The number of hydrogen-bond donors (Lipinski definition) is 0. The first-order chi connectivity index (χ1) is 16.1. The highest BCUT2D eigenvalue weighted by Crippen LogP contribution is 2.42. The number of fused-ring (bicyclic) bond motifs is 1. The number of hydrogen-bond acceptors (Lipinski definition) is 6. The van der Waals surface area contributed by atoms with Gasteiger partial charge in [-0.2, -0.15) is 4.37 Å². The van der Waals surface area contributed by atoms with E-state index in [9.17, 15) is 8.42 Å². The Morgan fingerprint density at radius 3 is 2.45 bits per heavy atom. The first-order valence-corrected chi connectivity index (χ1v) is 13.7. The minimum Gasteiger partial charge on any atom is -0.353 e. The largest absolute Gasteiger partial charge is 0.353 e. The lowest BCUT2D eigenvalue weighted by Crippen LogP contribution is -2.46. The standard InChI is InChI=1S/C25H26N4O2S2/c30-33(31)23-12-6-8-19-7-5-10-21(24(19)23)29(33)14-4-3-13-27-15-17-28(18-16-27)25-20-9-1-2-11-22(20)32-26-25/h1-2,5-12H,3-4,13-18H2. The molecule has 3 aromatic carbocycles. The molecule has 3 heterocycles. The van der Waals surface area contributed by atoms with Gasteiger partial charge in [-0.1, -0.05) is 36.4 Å². The van der Waals surface area contributed by atoms with E-state index in [0.717, 1.165) is 67.8 Å². The predicted molar refractivity (Wildman–Crippen MR) is 136 cm³/mol. The van der Waals surface area contributed by atoms with Crippen molar-refractivity contribution in [3.63, 3.8) is 0 Å². The molecule has 4 aromatic rings. The molecule has 1 saturated heterocycles. The Hall–Kier alpha value is -2.68. The smallest absolute Gasteiger partial charge is 0.265 e. The zero-order chi connectivity index (χ0) is 22.4. The van der Waals surface area contributed by atoms with Crippen LogP contribution in [0.15, 0.2) is 65.6 Å². The van der Waals surface area contributed by atoms with Crippen LogP contribution < -0.4 is 9.21 Å². The van der Waals surface area contributed by atoms with Crippen LogP contribution in [0, 0.1) is 0 Å². The van der Waals surface area contributed by atoms with Crippen LogP contribution in [-0.2, 0) is 10.0 Å². The molecular formula is C25H26N4O2S2. The highest BCUT2D eigenvalue weighted by Gasteiger charge is 2.35. The fourth-order valence-corrected chi connectivity index (χ4v) is 7.62. The summed E-state index contributed by atoms with van der Waals surface area (Å²) in [4.78, 5) is 5.32. The van der Waals surface area contributed by atoms with Crippen LogP contribution >= 0.6 is 11.5 Å². The molecule has 2 aliphatic heterocycles. The highest BCUT2D eigenvalue weighted by molar-refractivity contribution is 7.93. The second kappa shape index (κ2) is 8.27. The van der Waals surface area contributed by atoms with Crippen molar-refractivity contribution in [3.05, 3.63) is 60.7 Å². The average molecular weight is 479 g/mol. The summed E-state index contributed by atoms with van der Waals surface area (Å²) in [7, 11) is -3.45. The molecule has 0 N–H and O–H groups in total. The summed E-state index contributed by atoms with van der Waals surface area (Å²) in [6, 6.07) is 19.8. The maximum Gasteiger partial charge on any atom is 0.265 e. The third kappa shape index (κ3) is 3.57. The number of sulfonamides is 1. The van der Waals surface area contributed by atoms with Crippen molar-refractivity contribution in [2.24, 2.45) is 0 Å². The van der Waals surface area contributed by atoms with Crippen molar-refractivity contribution in [2.75, 3.05) is 48.5 Å². The lowest BCUT2D eigenvalue weighted by atomic mass is 10.1. The maximum absolute atomic E-state index is 13.1. The van der Waals surface area contributed by atoms with Gasteiger partial charge in [0, 0.05) is 43.5 Å². The quantitative estimate of drug-likeness (QED) is 0.380. The van der Waals surface area contributed by atoms with E-state index in [0.29, 0.717) is 11.4 Å². The van der Waals surface area contributed by atoms with E-state index in [2.05, 4.69) is 34.1 Å². The maximum atomic E-state index is 13.1. The first-order valence-electron chi connectivity index (χ1n) is 11.5. The summed E-state index contributed by atoms with van der Waals surface area (Å²) >= 11 is 1.57.